The average molecular weight is 281 g/mol. The summed E-state index contributed by atoms with van der Waals surface area (Å²) in [5, 5.41) is 17.8. The second kappa shape index (κ2) is 7.87. The third-order valence-corrected chi connectivity index (χ3v) is 3.04. The van der Waals surface area contributed by atoms with Crippen molar-refractivity contribution in [3.05, 3.63) is 28.8 Å². The number of carbonyl (C=O) groups excluding carboxylic acids is 1. The zero-order valence-corrected chi connectivity index (χ0v) is 12.3. The molecule has 0 saturated carbocycles. The second-order valence-electron chi connectivity index (χ2n) is 4.84. The van der Waals surface area contributed by atoms with Crippen LogP contribution in [0.25, 0.3) is 0 Å². The molecule has 0 atom stereocenters. The van der Waals surface area contributed by atoms with Gasteiger partial charge in [0, 0.05) is 13.1 Å². The Balaban J connectivity index is 2.68. The number of aryl methyl sites for hydroxylation is 3. The topological polar surface area (TPSA) is 70.0 Å². The molecule has 5 heteroatoms. The molecule has 0 heterocycles. The van der Waals surface area contributed by atoms with Crippen LogP contribution in [0.2, 0.25) is 0 Å². The molecule has 0 spiro atoms. The first-order valence-electron chi connectivity index (χ1n) is 6.69. The minimum Gasteiger partial charge on any atom is -0.483 e. The SMILES string of the molecule is Cc1cc(C)c(OCC(=O)N(CCO)CCO)c(C)c1. The van der Waals surface area contributed by atoms with Crippen molar-refractivity contribution in [1.82, 2.24) is 4.90 Å². The number of nitrogens with zero attached hydrogens (tertiary/aromatic N) is 1. The van der Waals surface area contributed by atoms with Gasteiger partial charge in [-0.25, -0.2) is 0 Å². The van der Waals surface area contributed by atoms with Gasteiger partial charge in [-0.15, -0.1) is 0 Å². The first-order chi connectivity index (χ1) is 9.49. The minimum absolute atomic E-state index is 0.0925. The third kappa shape index (κ3) is 4.51. The molecule has 0 saturated heterocycles. The normalized spacial score (nSPS) is 10.4. The van der Waals surface area contributed by atoms with E-state index in [0.29, 0.717) is 0 Å². The first-order valence-corrected chi connectivity index (χ1v) is 6.69. The number of hydrogen-bond donors (Lipinski definition) is 2. The monoisotopic (exact) mass is 281 g/mol. The second-order valence-corrected chi connectivity index (χ2v) is 4.84. The van der Waals surface area contributed by atoms with Gasteiger partial charge in [-0.05, 0) is 31.9 Å². The molecular weight excluding hydrogens is 258 g/mol. The van der Waals surface area contributed by atoms with Crippen LogP contribution in [0.4, 0.5) is 0 Å². The summed E-state index contributed by atoms with van der Waals surface area (Å²) in [6, 6.07) is 4.01. The number of aliphatic hydroxyl groups excluding tert-OH is 2. The number of aliphatic hydroxyl groups is 2. The molecule has 20 heavy (non-hydrogen) atoms. The lowest BCUT2D eigenvalue weighted by atomic mass is 10.1. The Morgan fingerprint density at radius 1 is 1.10 bits per heavy atom. The number of amides is 1. The van der Waals surface area contributed by atoms with E-state index in [-0.39, 0.29) is 38.8 Å². The van der Waals surface area contributed by atoms with E-state index in [1.165, 1.54) is 4.90 Å². The summed E-state index contributed by atoms with van der Waals surface area (Å²) < 4.78 is 5.60. The molecule has 112 valence electrons. The fraction of sp³-hybridized carbons (Fsp3) is 0.533. The van der Waals surface area contributed by atoms with Crippen LogP contribution in [-0.2, 0) is 4.79 Å². The van der Waals surface area contributed by atoms with Crippen molar-refractivity contribution in [3.63, 3.8) is 0 Å². The highest BCUT2D eigenvalue weighted by molar-refractivity contribution is 5.77. The number of hydrogen-bond acceptors (Lipinski definition) is 4. The molecule has 0 aliphatic carbocycles. The minimum atomic E-state index is -0.243. The Bertz CT molecular complexity index is 430. The molecule has 0 radical (unpaired) electrons. The standard InChI is InChI=1S/C15H23NO4/c1-11-8-12(2)15(13(3)9-11)20-10-14(19)16(4-6-17)5-7-18/h8-9,17-18H,4-7,10H2,1-3H3. The fourth-order valence-electron chi connectivity index (χ4n) is 2.22. The molecule has 0 bridgehead atoms. The van der Waals surface area contributed by atoms with Gasteiger partial charge >= 0.3 is 0 Å². The number of benzene rings is 1. The lowest BCUT2D eigenvalue weighted by Gasteiger charge is -2.21. The van der Waals surface area contributed by atoms with Gasteiger partial charge in [0.1, 0.15) is 5.75 Å². The van der Waals surface area contributed by atoms with E-state index < -0.39 is 0 Å². The summed E-state index contributed by atoms with van der Waals surface area (Å²) >= 11 is 0. The molecule has 0 fully saturated rings. The summed E-state index contributed by atoms with van der Waals surface area (Å²) in [6.07, 6.45) is 0. The van der Waals surface area contributed by atoms with E-state index in [1.807, 2.05) is 32.9 Å². The quantitative estimate of drug-likeness (QED) is 0.776. The van der Waals surface area contributed by atoms with Crippen molar-refractivity contribution in [2.45, 2.75) is 20.8 Å². The Kier molecular flexibility index (Phi) is 6.48. The van der Waals surface area contributed by atoms with Crippen molar-refractivity contribution >= 4 is 5.91 Å². The van der Waals surface area contributed by atoms with E-state index >= 15 is 0 Å². The number of ether oxygens (including phenoxy) is 1. The highest BCUT2D eigenvalue weighted by atomic mass is 16.5. The van der Waals surface area contributed by atoms with E-state index in [1.54, 1.807) is 0 Å². The van der Waals surface area contributed by atoms with Gasteiger partial charge in [0.15, 0.2) is 6.61 Å². The zero-order valence-electron chi connectivity index (χ0n) is 12.3. The van der Waals surface area contributed by atoms with Crippen LogP contribution in [0.15, 0.2) is 12.1 Å². The van der Waals surface area contributed by atoms with Crippen LogP contribution in [0.1, 0.15) is 16.7 Å². The van der Waals surface area contributed by atoms with Gasteiger partial charge in [0.05, 0.1) is 13.2 Å². The van der Waals surface area contributed by atoms with Gasteiger partial charge < -0.3 is 19.8 Å². The molecule has 1 rings (SSSR count). The lowest BCUT2D eigenvalue weighted by Crippen LogP contribution is -2.39. The van der Waals surface area contributed by atoms with Crippen molar-refractivity contribution < 1.29 is 19.7 Å². The molecule has 5 nitrogen and oxygen atoms in total. The van der Waals surface area contributed by atoms with Crippen LogP contribution >= 0.6 is 0 Å². The molecule has 0 aliphatic heterocycles. The summed E-state index contributed by atoms with van der Waals surface area (Å²) in [4.78, 5) is 13.4. The molecule has 0 unspecified atom stereocenters. The van der Waals surface area contributed by atoms with Gasteiger partial charge in [-0.2, -0.15) is 0 Å². The van der Waals surface area contributed by atoms with Crippen LogP contribution in [-0.4, -0.2) is 53.9 Å². The molecule has 1 amide bonds. The fourth-order valence-corrected chi connectivity index (χ4v) is 2.22. The number of rotatable bonds is 7. The molecule has 0 aliphatic rings. The maximum atomic E-state index is 12.0. The Morgan fingerprint density at radius 2 is 1.60 bits per heavy atom. The predicted molar refractivity (Wildman–Crippen MR) is 76.9 cm³/mol. The summed E-state index contributed by atoms with van der Waals surface area (Å²) in [6.45, 7) is 5.95. The Morgan fingerprint density at radius 3 is 2.05 bits per heavy atom. The summed E-state index contributed by atoms with van der Waals surface area (Å²) in [5.41, 5.74) is 3.14. The highest BCUT2D eigenvalue weighted by Crippen LogP contribution is 2.24. The van der Waals surface area contributed by atoms with Gasteiger partial charge in [-0.1, -0.05) is 17.7 Å². The Labute approximate surface area is 119 Å². The molecule has 2 N–H and O–H groups in total. The zero-order chi connectivity index (χ0) is 15.1. The van der Waals surface area contributed by atoms with E-state index in [0.717, 1.165) is 22.4 Å². The average Bonchev–Trinajstić information content (AvgIpc) is 2.37. The van der Waals surface area contributed by atoms with E-state index in [2.05, 4.69) is 0 Å². The highest BCUT2D eigenvalue weighted by Gasteiger charge is 2.14. The third-order valence-electron chi connectivity index (χ3n) is 3.04. The maximum Gasteiger partial charge on any atom is 0.260 e. The van der Waals surface area contributed by atoms with E-state index in [9.17, 15) is 4.79 Å². The van der Waals surface area contributed by atoms with Crippen LogP contribution in [0.5, 0.6) is 5.75 Å². The smallest absolute Gasteiger partial charge is 0.260 e. The van der Waals surface area contributed by atoms with Crippen LogP contribution < -0.4 is 4.74 Å². The van der Waals surface area contributed by atoms with Crippen LogP contribution in [0, 0.1) is 20.8 Å². The summed E-state index contributed by atoms with van der Waals surface area (Å²) in [5.74, 6) is 0.476. The van der Waals surface area contributed by atoms with Gasteiger partial charge in [0.2, 0.25) is 0 Å². The predicted octanol–water partition coefficient (Wildman–Crippen LogP) is 0.804. The molecule has 1 aromatic carbocycles. The van der Waals surface area contributed by atoms with Gasteiger partial charge in [0.25, 0.3) is 5.91 Å². The lowest BCUT2D eigenvalue weighted by molar-refractivity contribution is -0.134. The largest absolute Gasteiger partial charge is 0.483 e. The van der Waals surface area contributed by atoms with E-state index in [4.69, 9.17) is 14.9 Å². The van der Waals surface area contributed by atoms with Crippen molar-refractivity contribution in [1.29, 1.82) is 0 Å². The Hall–Kier alpha value is -1.59. The van der Waals surface area contributed by atoms with Crippen molar-refractivity contribution in [3.8, 4) is 5.75 Å². The molecular formula is C15H23NO4. The maximum absolute atomic E-state index is 12.0. The molecule has 0 aromatic heterocycles. The summed E-state index contributed by atoms with van der Waals surface area (Å²) in [7, 11) is 0. The van der Waals surface area contributed by atoms with Crippen molar-refractivity contribution in [2.75, 3.05) is 32.9 Å². The van der Waals surface area contributed by atoms with Crippen LogP contribution in [0.3, 0.4) is 0 Å². The molecule has 1 aromatic rings. The first kappa shape index (κ1) is 16.5. The van der Waals surface area contributed by atoms with Gasteiger partial charge in [-0.3, -0.25) is 4.79 Å². The van der Waals surface area contributed by atoms with Crippen molar-refractivity contribution in [2.24, 2.45) is 0 Å². The number of carbonyl (C=O) groups is 1.